The highest BCUT2D eigenvalue weighted by Gasteiger charge is 1.92. The van der Waals surface area contributed by atoms with E-state index >= 15 is 0 Å². The molecule has 2 aromatic rings. The summed E-state index contributed by atoms with van der Waals surface area (Å²) in [6, 6.07) is 14.1. The van der Waals surface area contributed by atoms with E-state index in [1.807, 2.05) is 30.3 Å². The minimum atomic E-state index is -0.189. The van der Waals surface area contributed by atoms with Gasteiger partial charge in [-0.1, -0.05) is 30.3 Å². The lowest BCUT2D eigenvalue weighted by atomic mass is 10.1. The van der Waals surface area contributed by atoms with Crippen LogP contribution in [0.25, 0.3) is 0 Å². The van der Waals surface area contributed by atoms with Gasteiger partial charge in [0, 0.05) is 12.2 Å². The van der Waals surface area contributed by atoms with Gasteiger partial charge in [0.2, 0.25) is 0 Å². The van der Waals surface area contributed by atoms with Gasteiger partial charge in [-0.25, -0.2) is 4.39 Å². The lowest BCUT2D eigenvalue weighted by Crippen LogP contribution is -2.02. The lowest BCUT2D eigenvalue weighted by molar-refractivity contribution is 0.625. The number of anilines is 1. The minimum Gasteiger partial charge on any atom is -0.398 e. The maximum Gasteiger partial charge on any atom is 0.123 e. The number of nitrogen functional groups attached to an aromatic ring is 1. The van der Waals surface area contributed by atoms with E-state index in [4.69, 9.17) is 17.2 Å². The summed E-state index contributed by atoms with van der Waals surface area (Å²) < 4.78 is 12.4. The van der Waals surface area contributed by atoms with Gasteiger partial charge >= 0.3 is 0 Å². The summed E-state index contributed by atoms with van der Waals surface area (Å²) in [5, 5.41) is 0. The molecule has 2 aromatic carbocycles. The van der Waals surface area contributed by atoms with Crippen LogP contribution in [0.4, 0.5) is 10.1 Å². The first kappa shape index (κ1) is 15.1. The quantitative estimate of drug-likeness (QED) is 0.740. The Balaban J connectivity index is 0.000000191. The molecule has 19 heavy (non-hydrogen) atoms. The van der Waals surface area contributed by atoms with Crippen molar-refractivity contribution in [2.24, 2.45) is 11.5 Å². The van der Waals surface area contributed by atoms with E-state index in [2.05, 4.69) is 0 Å². The number of benzene rings is 2. The van der Waals surface area contributed by atoms with Crippen LogP contribution in [0.1, 0.15) is 11.1 Å². The summed E-state index contributed by atoms with van der Waals surface area (Å²) in [7, 11) is 0. The van der Waals surface area contributed by atoms with Gasteiger partial charge < -0.3 is 17.2 Å². The molecule has 0 aromatic heterocycles. The Morgan fingerprint density at radius 1 is 0.947 bits per heavy atom. The number of hydrogen-bond donors (Lipinski definition) is 3. The number of hydrogen-bond acceptors (Lipinski definition) is 3. The van der Waals surface area contributed by atoms with Gasteiger partial charge in [0.15, 0.2) is 0 Å². The molecular weight excluding hydrogens is 241 g/mol. The van der Waals surface area contributed by atoms with Gasteiger partial charge in [0.05, 0.1) is 0 Å². The zero-order valence-corrected chi connectivity index (χ0v) is 10.9. The molecule has 0 saturated heterocycles. The summed E-state index contributed by atoms with van der Waals surface area (Å²) >= 11 is 0. The third kappa shape index (κ3) is 5.50. The van der Waals surface area contributed by atoms with E-state index in [-0.39, 0.29) is 5.82 Å². The van der Waals surface area contributed by atoms with Crippen molar-refractivity contribution in [3.8, 4) is 0 Å². The highest BCUT2D eigenvalue weighted by atomic mass is 19.1. The minimum absolute atomic E-state index is 0.189. The Kier molecular flexibility index (Phi) is 6.57. The highest BCUT2D eigenvalue weighted by Crippen LogP contribution is 2.07. The second kappa shape index (κ2) is 8.24. The fraction of sp³-hybridized carbons (Fsp3) is 0.200. The third-order valence-corrected chi connectivity index (χ3v) is 2.60. The number of nitrogens with two attached hydrogens (primary N) is 3. The monoisotopic (exact) mass is 261 g/mol. The van der Waals surface area contributed by atoms with Gasteiger partial charge in [-0.2, -0.15) is 0 Å². The van der Waals surface area contributed by atoms with Gasteiger partial charge in [0.25, 0.3) is 0 Å². The summed E-state index contributed by atoms with van der Waals surface area (Å²) in [5.74, 6) is -0.189. The van der Waals surface area contributed by atoms with E-state index < -0.39 is 0 Å². The SMILES string of the molecule is NCCc1cccc(F)c1.NCc1ccccc1N. The molecule has 0 heterocycles. The fourth-order valence-electron chi connectivity index (χ4n) is 1.58. The van der Waals surface area contributed by atoms with Gasteiger partial charge in [-0.15, -0.1) is 0 Å². The molecule has 0 aliphatic carbocycles. The third-order valence-electron chi connectivity index (χ3n) is 2.60. The predicted molar refractivity (Wildman–Crippen MR) is 77.9 cm³/mol. The summed E-state index contributed by atoms with van der Waals surface area (Å²) in [6.45, 7) is 1.09. The second-order valence-electron chi connectivity index (χ2n) is 4.07. The molecule has 0 radical (unpaired) electrons. The molecule has 102 valence electrons. The van der Waals surface area contributed by atoms with Crippen molar-refractivity contribution in [2.45, 2.75) is 13.0 Å². The maximum absolute atomic E-state index is 12.4. The highest BCUT2D eigenvalue weighted by molar-refractivity contribution is 5.45. The molecule has 0 spiro atoms. The predicted octanol–water partition coefficient (Wildman–Crippen LogP) is 2.05. The van der Waals surface area contributed by atoms with E-state index in [1.165, 1.54) is 12.1 Å². The molecule has 0 aliphatic rings. The molecule has 3 nitrogen and oxygen atoms in total. The van der Waals surface area contributed by atoms with Crippen LogP contribution in [0.15, 0.2) is 48.5 Å². The van der Waals surface area contributed by atoms with Crippen molar-refractivity contribution in [2.75, 3.05) is 12.3 Å². The van der Waals surface area contributed by atoms with Gasteiger partial charge in [-0.05, 0) is 42.3 Å². The average molecular weight is 261 g/mol. The number of rotatable bonds is 3. The number of para-hydroxylation sites is 1. The van der Waals surface area contributed by atoms with Crippen LogP contribution < -0.4 is 17.2 Å². The first-order valence-corrected chi connectivity index (χ1v) is 6.15. The molecular formula is C15H20FN3. The maximum atomic E-state index is 12.4. The van der Waals surface area contributed by atoms with Gasteiger partial charge in [-0.3, -0.25) is 0 Å². The fourth-order valence-corrected chi connectivity index (χ4v) is 1.58. The molecule has 0 bridgehead atoms. The van der Waals surface area contributed by atoms with Crippen molar-refractivity contribution >= 4 is 5.69 Å². The molecule has 0 fully saturated rings. The largest absolute Gasteiger partial charge is 0.398 e. The number of halogens is 1. The summed E-state index contributed by atoms with van der Waals surface area (Å²) in [6.07, 6.45) is 0.748. The van der Waals surface area contributed by atoms with Crippen LogP contribution in [-0.4, -0.2) is 6.54 Å². The van der Waals surface area contributed by atoms with E-state index in [1.54, 1.807) is 6.07 Å². The molecule has 0 amide bonds. The van der Waals surface area contributed by atoms with E-state index in [9.17, 15) is 4.39 Å². The van der Waals surface area contributed by atoms with Crippen LogP contribution in [0, 0.1) is 5.82 Å². The van der Waals surface area contributed by atoms with Crippen molar-refractivity contribution in [1.29, 1.82) is 0 Å². The summed E-state index contributed by atoms with van der Waals surface area (Å²) in [5.41, 5.74) is 19.0. The van der Waals surface area contributed by atoms with Crippen LogP contribution >= 0.6 is 0 Å². The van der Waals surface area contributed by atoms with Crippen LogP contribution in [0.2, 0.25) is 0 Å². The van der Waals surface area contributed by atoms with Crippen molar-refractivity contribution in [1.82, 2.24) is 0 Å². The average Bonchev–Trinajstić information content (AvgIpc) is 2.40. The first-order chi connectivity index (χ1) is 9.17. The zero-order chi connectivity index (χ0) is 14.1. The lowest BCUT2D eigenvalue weighted by Gasteiger charge is -1.98. The smallest absolute Gasteiger partial charge is 0.123 e. The Bertz CT molecular complexity index is 500. The normalized spacial score (nSPS) is 9.63. The molecule has 0 unspecified atom stereocenters. The van der Waals surface area contributed by atoms with Crippen LogP contribution in [0.3, 0.4) is 0 Å². The standard InChI is InChI=1S/C8H10FN.C7H10N2/c9-8-3-1-2-7(6-8)4-5-10;8-5-6-3-1-2-4-7(6)9/h1-3,6H,4-5,10H2;1-4H,5,8-9H2. The zero-order valence-electron chi connectivity index (χ0n) is 10.9. The Labute approximate surface area is 113 Å². The molecule has 0 atom stereocenters. The molecule has 0 aliphatic heterocycles. The molecule has 4 heteroatoms. The van der Waals surface area contributed by atoms with E-state index in [0.29, 0.717) is 13.1 Å². The molecule has 2 rings (SSSR count). The van der Waals surface area contributed by atoms with E-state index in [0.717, 1.165) is 23.2 Å². The van der Waals surface area contributed by atoms with Gasteiger partial charge in [0.1, 0.15) is 5.82 Å². The second-order valence-corrected chi connectivity index (χ2v) is 4.07. The molecule has 0 saturated carbocycles. The van der Waals surface area contributed by atoms with Crippen LogP contribution in [0.5, 0.6) is 0 Å². The molecule has 6 N–H and O–H groups in total. The van der Waals surface area contributed by atoms with Crippen molar-refractivity contribution in [3.63, 3.8) is 0 Å². The Morgan fingerprint density at radius 2 is 1.68 bits per heavy atom. The first-order valence-electron chi connectivity index (χ1n) is 6.15. The van der Waals surface area contributed by atoms with Crippen LogP contribution in [-0.2, 0) is 13.0 Å². The van der Waals surface area contributed by atoms with Crippen molar-refractivity contribution in [3.05, 3.63) is 65.5 Å². The topological polar surface area (TPSA) is 78.1 Å². The Morgan fingerprint density at radius 3 is 2.21 bits per heavy atom. The van der Waals surface area contributed by atoms with Crippen molar-refractivity contribution < 1.29 is 4.39 Å². The Hall–Kier alpha value is -1.91. The summed E-state index contributed by atoms with van der Waals surface area (Å²) in [4.78, 5) is 0.